The van der Waals surface area contributed by atoms with Crippen molar-refractivity contribution < 1.29 is 9.53 Å². The monoisotopic (exact) mass is 488 g/mol. The van der Waals surface area contributed by atoms with Crippen LogP contribution in [-0.2, 0) is 17.9 Å². The lowest BCUT2D eigenvalue weighted by Gasteiger charge is -2.12. The van der Waals surface area contributed by atoms with Crippen LogP contribution in [0.2, 0.25) is 0 Å². The van der Waals surface area contributed by atoms with Gasteiger partial charge in [0.05, 0.1) is 5.75 Å². The van der Waals surface area contributed by atoms with Crippen molar-refractivity contribution in [2.45, 2.75) is 46.0 Å². The van der Waals surface area contributed by atoms with Gasteiger partial charge in [-0.15, -0.1) is 10.2 Å². The molecule has 3 rings (SSSR count). The molecule has 0 saturated carbocycles. The molecule has 1 heterocycles. The van der Waals surface area contributed by atoms with E-state index in [9.17, 15) is 4.79 Å². The number of amides is 1. The Balaban J connectivity index is 1.59. The van der Waals surface area contributed by atoms with Gasteiger partial charge in [0, 0.05) is 16.7 Å². The Bertz CT molecular complexity index is 1030. The van der Waals surface area contributed by atoms with Crippen molar-refractivity contribution in [3.05, 3.63) is 63.4 Å². The van der Waals surface area contributed by atoms with Gasteiger partial charge in [0.1, 0.15) is 12.4 Å². The summed E-state index contributed by atoms with van der Waals surface area (Å²) in [6.07, 6.45) is 0. The van der Waals surface area contributed by atoms with Crippen LogP contribution in [0.3, 0.4) is 0 Å². The summed E-state index contributed by atoms with van der Waals surface area (Å²) >= 11 is 4.88. The number of thioether (sulfide) groups is 1. The maximum Gasteiger partial charge on any atom is 0.234 e. The molecule has 1 N–H and O–H groups in total. The molecule has 1 amide bonds. The number of carbonyl (C=O) groups excluding carboxylic acids is 1. The molecule has 0 aliphatic heterocycles. The minimum atomic E-state index is -0.0760. The van der Waals surface area contributed by atoms with Crippen LogP contribution in [0.4, 0.5) is 5.69 Å². The van der Waals surface area contributed by atoms with Crippen molar-refractivity contribution in [1.29, 1.82) is 0 Å². The molecule has 0 radical (unpaired) electrons. The number of halogens is 1. The van der Waals surface area contributed by atoms with E-state index in [4.69, 9.17) is 4.74 Å². The first-order valence-corrected chi connectivity index (χ1v) is 11.5. The number of benzene rings is 2. The van der Waals surface area contributed by atoms with Crippen LogP contribution < -0.4 is 10.1 Å². The van der Waals surface area contributed by atoms with Crippen LogP contribution in [0.5, 0.6) is 5.75 Å². The number of nitrogens with one attached hydrogen (secondary N) is 1. The molecule has 1 aromatic heterocycles. The number of carbonyl (C=O) groups is 1. The highest BCUT2D eigenvalue weighted by Gasteiger charge is 2.15. The summed E-state index contributed by atoms with van der Waals surface area (Å²) in [7, 11) is 0. The predicted octanol–water partition coefficient (Wildman–Crippen LogP) is 5.30. The number of ether oxygens (including phenoxy) is 1. The highest BCUT2D eigenvalue weighted by Crippen LogP contribution is 2.26. The van der Waals surface area contributed by atoms with Gasteiger partial charge in [-0.2, -0.15) is 0 Å². The van der Waals surface area contributed by atoms with Gasteiger partial charge in [0.25, 0.3) is 0 Å². The molecule has 0 aliphatic carbocycles. The maximum absolute atomic E-state index is 12.5. The molecule has 0 atom stereocenters. The van der Waals surface area contributed by atoms with Gasteiger partial charge in [-0.1, -0.05) is 45.4 Å². The van der Waals surface area contributed by atoms with Gasteiger partial charge >= 0.3 is 0 Å². The predicted molar refractivity (Wildman–Crippen MR) is 124 cm³/mol. The van der Waals surface area contributed by atoms with Crippen molar-refractivity contribution in [3.8, 4) is 5.75 Å². The quantitative estimate of drug-likeness (QED) is 0.435. The molecular weight excluding hydrogens is 464 g/mol. The van der Waals surface area contributed by atoms with Gasteiger partial charge in [-0.3, -0.25) is 4.79 Å². The second kappa shape index (κ2) is 10.1. The van der Waals surface area contributed by atoms with Gasteiger partial charge in [0.15, 0.2) is 11.0 Å². The SMILES string of the molecule is CCn1c(COc2ccc(C)cc2)nnc1SCC(=O)Nc1ccc(Br)c(C)c1C. The Morgan fingerprint density at radius 3 is 2.53 bits per heavy atom. The number of aryl methyl sites for hydroxylation is 1. The van der Waals surface area contributed by atoms with E-state index in [0.717, 1.165) is 32.9 Å². The lowest BCUT2D eigenvalue weighted by atomic mass is 10.1. The fourth-order valence-corrected chi connectivity index (χ4v) is 4.12. The number of aromatic nitrogens is 3. The zero-order valence-electron chi connectivity index (χ0n) is 17.5. The van der Waals surface area contributed by atoms with E-state index < -0.39 is 0 Å². The lowest BCUT2D eigenvalue weighted by Crippen LogP contribution is -2.16. The minimum Gasteiger partial charge on any atom is -0.486 e. The van der Waals surface area contributed by atoms with Gasteiger partial charge in [-0.25, -0.2) is 0 Å². The summed E-state index contributed by atoms with van der Waals surface area (Å²) in [4.78, 5) is 12.5. The van der Waals surface area contributed by atoms with Crippen LogP contribution in [0.1, 0.15) is 29.4 Å². The lowest BCUT2D eigenvalue weighted by molar-refractivity contribution is -0.113. The van der Waals surface area contributed by atoms with E-state index in [0.29, 0.717) is 18.3 Å². The van der Waals surface area contributed by atoms with Gasteiger partial charge < -0.3 is 14.6 Å². The Labute approximate surface area is 189 Å². The normalized spacial score (nSPS) is 10.8. The molecule has 8 heteroatoms. The van der Waals surface area contributed by atoms with E-state index in [1.807, 2.05) is 68.7 Å². The third-order valence-corrected chi connectivity index (χ3v) is 6.65. The molecule has 6 nitrogen and oxygen atoms in total. The smallest absolute Gasteiger partial charge is 0.234 e. The van der Waals surface area contributed by atoms with E-state index >= 15 is 0 Å². The van der Waals surface area contributed by atoms with E-state index in [2.05, 4.69) is 31.4 Å². The third-order valence-electron chi connectivity index (χ3n) is 4.83. The zero-order chi connectivity index (χ0) is 21.7. The molecular formula is C22H25BrN4O2S. The number of nitrogens with zero attached hydrogens (tertiary/aromatic N) is 3. The Morgan fingerprint density at radius 1 is 1.10 bits per heavy atom. The first kappa shape index (κ1) is 22.4. The maximum atomic E-state index is 12.5. The largest absolute Gasteiger partial charge is 0.486 e. The van der Waals surface area contributed by atoms with E-state index in [1.165, 1.54) is 17.3 Å². The summed E-state index contributed by atoms with van der Waals surface area (Å²) < 4.78 is 8.83. The molecule has 0 spiro atoms. The van der Waals surface area contributed by atoms with Crippen molar-refractivity contribution in [1.82, 2.24) is 14.8 Å². The molecule has 0 aliphatic rings. The molecule has 2 aromatic carbocycles. The third kappa shape index (κ3) is 5.43. The van der Waals surface area contributed by atoms with Crippen LogP contribution in [0.25, 0.3) is 0 Å². The molecule has 0 fully saturated rings. The summed E-state index contributed by atoms with van der Waals surface area (Å²) in [5.41, 5.74) is 4.18. The van der Waals surface area contributed by atoms with Crippen LogP contribution in [-0.4, -0.2) is 26.4 Å². The first-order chi connectivity index (χ1) is 14.4. The summed E-state index contributed by atoms with van der Waals surface area (Å²) in [6, 6.07) is 11.7. The van der Waals surface area contributed by atoms with Gasteiger partial charge in [-0.05, 0) is 63.1 Å². The molecule has 0 bridgehead atoms. The molecule has 0 saturated heterocycles. The Kier molecular flexibility index (Phi) is 7.55. The van der Waals surface area contributed by atoms with Crippen LogP contribution in [0, 0.1) is 20.8 Å². The summed E-state index contributed by atoms with van der Waals surface area (Å²) in [5, 5.41) is 12.2. The molecule has 3 aromatic rings. The van der Waals surface area contributed by atoms with E-state index in [1.54, 1.807) is 0 Å². The average Bonchev–Trinajstić information content (AvgIpc) is 3.14. The fraction of sp³-hybridized carbons (Fsp3) is 0.318. The van der Waals surface area contributed by atoms with Crippen LogP contribution >= 0.6 is 27.7 Å². The second-order valence-corrected chi connectivity index (χ2v) is 8.72. The molecule has 0 unspecified atom stereocenters. The first-order valence-electron chi connectivity index (χ1n) is 9.69. The van der Waals surface area contributed by atoms with Crippen LogP contribution in [0.15, 0.2) is 46.0 Å². The molecule has 30 heavy (non-hydrogen) atoms. The number of rotatable bonds is 8. The summed E-state index contributed by atoms with van der Waals surface area (Å²) in [5.74, 6) is 1.71. The van der Waals surface area contributed by atoms with Gasteiger partial charge in [0.2, 0.25) is 5.91 Å². The second-order valence-electron chi connectivity index (χ2n) is 6.93. The molecule has 158 valence electrons. The van der Waals surface area contributed by atoms with Crippen molar-refractivity contribution >= 4 is 39.3 Å². The Hall–Kier alpha value is -2.32. The Morgan fingerprint density at radius 2 is 1.83 bits per heavy atom. The number of anilines is 1. The topological polar surface area (TPSA) is 69.0 Å². The highest BCUT2D eigenvalue weighted by atomic mass is 79.9. The standard InChI is InChI=1S/C22H25BrN4O2S/c1-5-27-20(12-29-17-8-6-14(2)7-9-17)25-26-22(27)30-13-21(28)24-19-11-10-18(23)15(3)16(19)4/h6-11H,5,12-13H2,1-4H3,(H,24,28). The van der Waals surface area contributed by atoms with E-state index in [-0.39, 0.29) is 11.7 Å². The number of hydrogen-bond donors (Lipinski definition) is 1. The minimum absolute atomic E-state index is 0.0760. The average molecular weight is 489 g/mol. The van der Waals surface area contributed by atoms with Crippen molar-refractivity contribution in [2.75, 3.05) is 11.1 Å². The van der Waals surface area contributed by atoms with Crippen molar-refractivity contribution in [3.63, 3.8) is 0 Å². The number of hydrogen-bond acceptors (Lipinski definition) is 5. The summed E-state index contributed by atoms with van der Waals surface area (Å²) in [6.45, 7) is 9.11. The zero-order valence-corrected chi connectivity index (χ0v) is 19.9. The van der Waals surface area contributed by atoms with Crippen molar-refractivity contribution in [2.24, 2.45) is 0 Å². The fourth-order valence-electron chi connectivity index (χ4n) is 2.87. The highest BCUT2D eigenvalue weighted by molar-refractivity contribution is 9.10.